The molecule has 3 rings (SSSR count). The van der Waals surface area contributed by atoms with Crippen LogP contribution in [0.1, 0.15) is 92.7 Å². The van der Waals surface area contributed by atoms with Gasteiger partial charge in [-0.25, -0.2) is 0 Å². The van der Waals surface area contributed by atoms with E-state index in [2.05, 4.69) is 56.1 Å². The fraction of sp³-hybridized carbons (Fsp3) is 0.421. The number of aromatic nitrogens is 1. The zero-order chi connectivity index (χ0) is 31.3. The van der Waals surface area contributed by atoms with E-state index < -0.39 is 0 Å². The summed E-state index contributed by atoms with van der Waals surface area (Å²) in [4.78, 5) is 16.2. The van der Waals surface area contributed by atoms with Crippen molar-refractivity contribution in [1.29, 1.82) is 0 Å². The number of ether oxygens (including phenoxy) is 1. The minimum absolute atomic E-state index is 0. The monoisotopic (exact) mass is 761 g/mol. The normalized spacial score (nSPS) is 13.0. The maximum atomic E-state index is 11.9. The van der Waals surface area contributed by atoms with Crippen LogP contribution >= 0.6 is 0 Å². The summed E-state index contributed by atoms with van der Waals surface area (Å²) < 4.78 is 6.22. The molecule has 235 valence electrons. The summed E-state index contributed by atoms with van der Waals surface area (Å²) in [6, 6.07) is 15.6. The molecule has 0 aliphatic carbocycles. The Balaban J connectivity index is 0.000000497. The second-order valence-electron chi connectivity index (χ2n) is 11.8. The molecule has 43 heavy (non-hydrogen) atoms. The maximum absolute atomic E-state index is 11.9. The molecule has 5 heteroatoms. The molecule has 1 N–H and O–H groups in total. The molecule has 0 spiro atoms. The van der Waals surface area contributed by atoms with Gasteiger partial charge in [0.25, 0.3) is 0 Å². The van der Waals surface area contributed by atoms with Crippen LogP contribution in [0.5, 0.6) is 11.5 Å². The van der Waals surface area contributed by atoms with Crippen molar-refractivity contribution < 1.29 is 34.7 Å². The molecule has 1 aromatic heterocycles. The average Bonchev–Trinajstić information content (AvgIpc) is 2.97. The van der Waals surface area contributed by atoms with Crippen LogP contribution in [0.4, 0.5) is 0 Å². The van der Waals surface area contributed by atoms with Gasteiger partial charge in [-0.1, -0.05) is 72.3 Å². The van der Waals surface area contributed by atoms with Crippen molar-refractivity contribution in [3.63, 3.8) is 0 Å². The molecular formula is C38H50IrNO3-. The first-order valence-electron chi connectivity index (χ1n) is 15.3. The SMILES string of the molecule is C/C=C/C(C)=C\c1[c-]cc(Oc2cc(CC(C)C)cc3ccncc23)cc1.CCC(C)/C(O)=C/C(=O)C(C)(CC)CC.[Ir]. The van der Waals surface area contributed by atoms with Crippen molar-refractivity contribution in [1.82, 2.24) is 4.98 Å². The van der Waals surface area contributed by atoms with E-state index in [0.717, 1.165) is 53.5 Å². The maximum Gasteiger partial charge on any atom is 0.164 e. The van der Waals surface area contributed by atoms with Gasteiger partial charge in [0.1, 0.15) is 5.75 Å². The second kappa shape index (κ2) is 18.6. The number of nitrogens with zero attached hydrogens (tertiary/aromatic N) is 1. The van der Waals surface area contributed by atoms with Gasteiger partial charge in [0.05, 0.1) is 5.76 Å². The van der Waals surface area contributed by atoms with Crippen molar-refractivity contribution in [3.8, 4) is 11.5 Å². The van der Waals surface area contributed by atoms with Gasteiger partial charge in [-0.15, -0.1) is 35.9 Å². The van der Waals surface area contributed by atoms with Gasteiger partial charge >= 0.3 is 0 Å². The molecule has 0 saturated carbocycles. The van der Waals surface area contributed by atoms with Crippen LogP contribution in [0.2, 0.25) is 0 Å². The van der Waals surface area contributed by atoms with E-state index in [9.17, 15) is 9.90 Å². The fourth-order valence-electron chi connectivity index (χ4n) is 4.42. The Morgan fingerprint density at radius 2 is 1.81 bits per heavy atom. The molecule has 1 unspecified atom stereocenters. The molecule has 0 fully saturated rings. The van der Waals surface area contributed by atoms with Gasteiger partial charge < -0.3 is 9.84 Å². The predicted octanol–water partition coefficient (Wildman–Crippen LogP) is 10.9. The Labute approximate surface area is 273 Å². The molecule has 0 aliphatic heterocycles. The molecule has 0 aliphatic rings. The molecule has 1 atom stereocenters. The van der Waals surface area contributed by atoms with E-state index in [-0.39, 0.29) is 43.0 Å². The minimum atomic E-state index is -0.318. The van der Waals surface area contributed by atoms with E-state index in [0.29, 0.717) is 5.92 Å². The average molecular weight is 761 g/mol. The number of benzene rings is 2. The number of ketones is 1. The fourth-order valence-corrected chi connectivity index (χ4v) is 4.42. The van der Waals surface area contributed by atoms with Crippen LogP contribution < -0.4 is 4.74 Å². The zero-order valence-corrected chi connectivity index (χ0v) is 29.9. The largest absolute Gasteiger partial charge is 0.512 e. The number of aliphatic hydroxyl groups is 1. The molecule has 4 nitrogen and oxygen atoms in total. The van der Waals surface area contributed by atoms with E-state index in [1.54, 1.807) is 0 Å². The number of carbonyl (C=O) groups is 1. The number of aliphatic hydroxyl groups excluding tert-OH is 1. The van der Waals surface area contributed by atoms with E-state index in [1.807, 2.05) is 84.3 Å². The van der Waals surface area contributed by atoms with Gasteiger partial charge in [-0.05, 0) is 68.5 Å². The summed E-state index contributed by atoms with van der Waals surface area (Å²) in [6.07, 6.45) is 14.8. The van der Waals surface area contributed by atoms with Gasteiger partial charge in [0.2, 0.25) is 0 Å². The first kappa shape index (κ1) is 38.0. The van der Waals surface area contributed by atoms with Gasteiger partial charge in [-0.3, -0.25) is 9.78 Å². The van der Waals surface area contributed by atoms with Crippen LogP contribution in [0.3, 0.4) is 0 Å². The summed E-state index contributed by atoms with van der Waals surface area (Å²) in [5.41, 5.74) is 3.20. The number of allylic oxidation sites excluding steroid dienone is 5. The van der Waals surface area contributed by atoms with E-state index >= 15 is 0 Å². The Hall–Kier alpha value is -3.01. The second-order valence-corrected chi connectivity index (χ2v) is 11.8. The van der Waals surface area contributed by atoms with Crippen molar-refractivity contribution in [2.75, 3.05) is 0 Å². The third kappa shape index (κ3) is 11.9. The number of carbonyl (C=O) groups excluding carboxylic acids is 1. The quantitative estimate of drug-likeness (QED) is 0.0864. The Morgan fingerprint density at radius 3 is 2.37 bits per heavy atom. The summed E-state index contributed by atoms with van der Waals surface area (Å²) in [5, 5.41) is 11.9. The number of pyridine rings is 1. The molecule has 3 aromatic rings. The Kier molecular flexibility index (Phi) is 16.5. The molecule has 2 aromatic carbocycles. The van der Waals surface area contributed by atoms with Crippen LogP contribution in [0.15, 0.2) is 78.4 Å². The van der Waals surface area contributed by atoms with Crippen LogP contribution in [-0.4, -0.2) is 15.9 Å². The van der Waals surface area contributed by atoms with Crippen molar-refractivity contribution in [2.24, 2.45) is 17.3 Å². The molecule has 0 saturated heterocycles. The summed E-state index contributed by atoms with van der Waals surface area (Å²) in [7, 11) is 0. The van der Waals surface area contributed by atoms with Crippen molar-refractivity contribution >= 4 is 22.6 Å². The summed E-state index contributed by atoms with van der Waals surface area (Å²) >= 11 is 0. The van der Waals surface area contributed by atoms with Crippen LogP contribution in [0, 0.1) is 23.3 Å². The van der Waals surface area contributed by atoms with Gasteiger partial charge in [0.15, 0.2) is 5.78 Å². The number of hydrogen-bond donors (Lipinski definition) is 1. The molecule has 0 amide bonds. The van der Waals surface area contributed by atoms with E-state index in [1.165, 1.54) is 17.2 Å². The van der Waals surface area contributed by atoms with Crippen molar-refractivity contribution in [3.05, 3.63) is 95.5 Å². The third-order valence-electron chi connectivity index (χ3n) is 7.82. The van der Waals surface area contributed by atoms with Gasteiger partial charge in [-0.2, -0.15) is 0 Å². The summed E-state index contributed by atoms with van der Waals surface area (Å²) in [6.45, 7) is 18.5. The topological polar surface area (TPSA) is 59.4 Å². The number of fused-ring (bicyclic) bond motifs is 1. The first-order valence-corrected chi connectivity index (χ1v) is 15.3. The van der Waals surface area contributed by atoms with Crippen molar-refractivity contribution in [2.45, 2.75) is 88.0 Å². The number of rotatable bonds is 12. The smallest absolute Gasteiger partial charge is 0.164 e. The Bertz CT molecular complexity index is 1380. The molecule has 1 radical (unpaired) electrons. The standard InChI is InChI=1S/C25H26NO.C13H24O2.Ir/c1-5-6-19(4)14-20-7-9-23(10-8-20)27-25-16-21(13-18(2)3)15-22-11-12-26-17-24(22)25;1-6-10(4)11(14)9-12(15)13(5,7-2)8-3;/h5-7,9-12,14-18H,13H2,1-4H3;9-10,14H,6-8H2,1-5H3;/q-1;;/b6-5+,19-14-;11-9-;. The van der Waals surface area contributed by atoms with Crippen LogP contribution in [-0.2, 0) is 31.3 Å². The zero-order valence-electron chi connectivity index (χ0n) is 27.5. The van der Waals surface area contributed by atoms with Gasteiger partial charge in [0, 0.05) is 61.0 Å². The minimum Gasteiger partial charge on any atom is -0.512 e. The Morgan fingerprint density at radius 1 is 1.12 bits per heavy atom. The number of hydrogen-bond acceptors (Lipinski definition) is 4. The molecule has 1 heterocycles. The predicted molar refractivity (Wildman–Crippen MR) is 178 cm³/mol. The molecular weight excluding hydrogens is 711 g/mol. The van der Waals surface area contributed by atoms with E-state index in [4.69, 9.17) is 4.74 Å². The van der Waals surface area contributed by atoms with Crippen LogP contribution in [0.25, 0.3) is 16.8 Å². The first-order chi connectivity index (χ1) is 20.0. The molecule has 0 bridgehead atoms. The third-order valence-corrected chi connectivity index (χ3v) is 7.82. The summed E-state index contributed by atoms with van der Waals surface area (Å²) in [5.74, 6) is 2.56.